The number of halogens is 12. The minimum absolute atomic E-state index is 0.00798. The lowest BCUT2D eigenvalue weighted by Gasteiger charge is -2.15. The first-order chi connectivity index (χ1) is 58.7. The number of pyridine rings is 5. The molecule has 20 rings (SSSR count). The highest BCUT2D eigenvalue weighted by atomic mass is 19.3. The van der Waals surface area contributed by atoms with Crippen molar-refractivity contribution in [1.29, 1.82) is 0 Å². The second-order valence-corrected chi connectivity index (χ2v) is 31.4. The largest absolute Gasteiger partial charge is 0.302 e. The molecular formula is C103H84F12N5+5. The molecule has 120 heavy (non-hydrogen) atoms. The van der Waals surface area contributed by atoms with Gasteiger partial charge in [-0.2, -0.15) is 48.5 Å². The maximum absolute atomic E-state index is 15.0. The molecule has 0 amide bonds. The van der Waals surface area contributed by atoms with E-state index in [1.807, 2.05) is 137 Å². The zero-order valence-corrected chi connectivity index (χ0v) is 67.7. The Labute approximate surface area is 695 Å². The van der Waals surface area contributed by atoms with Gasteiger partial charge < -0.3 is 0 Å². The summed E-state index contributed by atoms with van der Waals surface area (Å²) in [6.45, 7) is 11.0. The maximum Gasteiger partial charge on any atom is 0.302 e. The standard InChI is InChI=1S/C21H17F3N.2C21H18F2N.C20H15F3N.C20H16F2N/c1-12-7-8-15-14(10-12)19-18(17-6-4-5-9-25(17)3)13(2)11-16(22)20(19)21(15,23)24;1-13-7-9-16-15(12-13)20-17(21(16,22)23)10-8-14(2)19(20)18-6-4-5-11-24(18)3;1-13-8-11-18(24(3)12-13)19-14(2)9-10-17-20(19)15-6-4-5-7-16(15)21(17,22)23;1-12-7-9-16-19(14-5-3-4-6-15(14)20(16,22)23)18(12)17-10-8-13(21)11-24(17)2;1-13-10-11-16-19(18(13)17-9-5-6-12-23(17)2)14-7-3-4-8-15(14)20(16,21)22/h4-11H,1-3H3;2*4-12H,1-3H3;3-11H,1-2H3;3-12H,1-2H3/q5*+1/i;;1D3;;6D. The van der Waals surface area contributed by atoms with Gasteiger partial charge in [0.25, 0.3) is 23.7 Å². The van der Waals surface area contributed by atoms with Crippen molar-refractivity contribution in [2.75, 3.05) is 0 Å². The van der Waals surface area contributed by atoms with Gasteiger partial charge in [0, 0.05) is 136 Å². The third-order valence-corrected chi connectivity index (χ3v) is 23.6. The maximum atomic E-state index is 15.0. The van der Waals surface area contributed by atoms with Crippen LogP contribution < -0.4 is 22.8 Å². The Kier molecular flexibility index (Phi) is 19.1. The van der Waals surface area contributed by atoms with Crippen LogP contribution in [0.5, 0.6) is 0 Å². The molecular weight excluding hydrogens is 1540 g/mol. The first-order valence-corrected chi connectivity index (χ1v) is 39.0. The molecule has 5 heterocycles. The highest BCUT2D eigenvalue weighted by Crippen LogP contribution is 2.60. The molecule has 17 heteroatoms. The molecule has 600 valence electrons. The lowest BCUT2D eigenvalue weighted by Crippen LogP contribution is -2.31. The van der Waals surface area contributed by atoms with E-state index in [1.165, 1.54) is 60.8 Å². The molecule has 5 aliphatic carbocycles. The van der Waals surface area contributed by atoms with Crippen LogP contribution in [0.25, 0.3) is 112 Å². The zero-order chi connectivity index (χ0) is 88.7. The Balaban J connectivity index is 0.000000115. The van der Waals surface area contributed by atoms with Crippen LogP contribution in [-0.4, -0.2) is 0 Å². The van der Waals surface area contributed by atoms with Gasteiger partial charge in [-0.15, -0.1) is 0 Å². The molecule has 0 radical (unpaired) electrons. The van der Waals surface area contributed by atoms with Gasteiger partial charge in [0.05, 0.1) is 34.8 Å². The van der Waals surface area contributed by atoms with Gasteiger partial charge >= 0.3 is 5.92 Å². The zero-order valence-electron chi connectivity index (χ0n) is 71.7. The van der Waals surface area contributed by atoms with Crippen molar-refractivity contribution in [3.63, 3.8) is 0 Å². The number of hydrogen-bond donors (Lipinski definition) is 0. The van der Waals surface area contributed by atoms with Crippen LogP contribution >= 0.6 is 0 Å². The fourth-order valence-corrected chi connectivity index (χ4v) is 17.9. The topological polar surface area (TPSA) is 19.4 Å². The highest BCUT2D eigenvalue weighted by molar-refractivity contribution is 5.97. The average molecular weight is 1620 g/mol. The van der Waals surface area contributed by atoms with E-state index < -0.39 is 47.8 Å². The predicted molar refractivity (Wildman–Crippen MR) is 445 cm³/mol. The lowest BCUT2D eigenvalue weighted by atomic mass is 9.91. The molecule has 0 saturated heterocycles. The molecule has 0 saturated carbocycles. The summed E-state index contributed by atoms with van der Waals surface area (Å²) < 4.78 is 217. The van der Waals surface area contributed by atoms with Gasteiger partial charge in [-0.25, -0.2) is 27.0 Å². The fourth-order valence-electron chi connectivity index (χ4n) is 17.9. The summed E-state index contributed by atoms with van der Waals surface area (Å²) in [4.78, 5) is 0. The lowest BCUT2D eigenvalue weighted by molar-refractivity contribution is -0.662. The van der Waals surface area contributed by atoms with E-state index in [1.54, 1.807) is 176 Å². The number of nitrogens with zero attached hydrogens (tertiary/aromatic N) is 5. The van der Waals surface area contributed by atoms with Gasteiger partial charge in [0.15, 0.2) is 30.6 Å². The summed E-state index contributed by atoms with van der Waals surface area (Å²) in [6, 6.07) is 65.7. The second kappa shape index (κ2) is 30.2. The second-order valence-electron chi connectivity index (χ2n) is 31.4. The molecule has 5 aromatic heterocycles. The van der Waals surface area contributed by atoms with Crippen LogP contribution in [0.2, 0.25) is 0 Å². The Bertz CT molecular complexity index is 6760. The minimum atomic E-state index is -3.34. The monoisotopic (exact) mass is 1620 g/mol. The summed E-state index contributed by atoms with van der Waals surface area (Å²) in [5.41, 5.74) is 19.2. The summed E-state index contributed by atoms with van der Waals surface area (Å²) >= 11 is 0. The summed E-state index contributed by atoms with van der Waals surface area (Å²) in [6.07, 6.45) is 8.38. The van der Waals surface area contributed by atoms with Crippen molar-refractivity contribution in [3.05, 3.63) is 385 Å². The Hall–Kier alpha value is -12.9. The highest BCUT2D eigenvalue weighted by Gasteiger charge is 2.52. The molecule has 0 aliphatic heterocycles. The number of rotatable bonds is 5. The minimum Gasteiger partial charge on any atom is -0.206 e. The van der Waals surface area contributed by atoms with Crippen molar-refractivity contribution in [2.45, 2.75) is 84.9 Å². The molecule has 0 atom stereocenters. The Morgan fingerprint density at radius 3 is 0.967 bits per heavy atom. The van der Waals surface area contributed by atoms with Crippen LogP contribution in [0.3, 0.4) is 0 Å². The van der Waals surface area contributed by atoms with Crippen molar-refractivity contribution >= 4 is 0 Å². The molecule has 0 spiro atoms. The van der Waals surface area contributed by atoms with Crippen LogP contribution in [0, 0.1) is 67.0 Å². The van der Waals surface area contributed by atoms with E-state index in [0.29, 0.717) is 89.8 Å². The number of aromatic nitrogens is 5. The molecule has 15 aromatic rings. The first kappa shape index (κ1) is 75.8. The van der Waals surface area contributed by atoms with Gasteiger partial charge in [-0.3, -0.25) is 0 Å². The average Bonchev–Trinajstić information content (AvgIpc) is 1.57. The number of hydrogen-bond acceptors (Lipinski definition) is 0. The smallest absolute Gasteiger partial charge is 0.206 e. The number of aryl methyl sites for hydroxylation is 13. The number of fused-ring (bicyclic) bond motifs is 15. The quantitative estimate of drug-likeness (QED) is 0.121. The Morgan fingerprint density at radius 2 is 0.575 bits per heavy atom. The van der Waals surface area contributed by atoms with Gasteiger partial charge in [0.1, 0.15) is 41.1 Å². The summed E-state index contributed by atoms with van der Waals surface area (Å²) in [5, 5.41) is 0. The van der Waals surface area contributed by atoms with Crippen LogP contribution in [0.4, 0.5) is 52.7 Å². The van der Waals surface area contributed by atoms with Gasteiger partial charge in [0.2, 0.25) is 34.7 Å². The third-order valence-electron chi connectivity index (χ3n) is 23.6. The van der Waals surface area contributed by atoms with Crippen LogP contribution in [0.15, 0.2) is 274 Å². The molecule has 10 aromatic carbocycles. The number of benzene rings is 10. The van der Waals surface area contributed by atoms with Crippen molar-refractivity contribution < 1.29 is 81.0 Å². The SMILES string of the molecule is Cc1ccc2c(c1)-c1c(-c3cccc[n+]3C)c(C)cc(F)c1C2(F)F.Cc1ccc2c(c1)-c1c(ccc(C)c1-c1cccc[n+]1C)C2(F)F.Cc1ccc2c(c1-c1ccc(F)c[n+]1C)-c1ccccc1C2(F)F.[2H]C([2H])([2H])c1ccc(-c2c(C)ccc3c2-c2ccccc2C3(F)F)[n+](C)c1.[2H]c1ccc(-c2c(C)ccc3c2-c2ccccc2C3(F)F)[n+](C)c1. The molecule has 0 fully saturated rings. The molecule has 5 aliphatic rings. The van der Waals surface area contributed by atoms with E-state index in [9.17, 15) is 43.9 Å². The van der Waals surface area contributed by atoms with Crippen LogP contribution in [0.1, 0.15) is 106 Å². The summed E-state index contributed by atoms with van der Waals surface area (Å²) in [7, 11) is 9.09. The third kappa shape index (κ3) is 13.3. The molecule has 0 bridgehead atoms. The molecule has 0 N–H and O–H groups in total. The van der Waals surface area contributed by atoms with E-state index in [0.717, 1.165) is 67.2 Å². The van der Waals surface area contributed by atoms with Gasteiger partial charge in [-0.05, 0) is 147 Å². The fraction of sp³-hybridized carbons (Fsp3) is 0.175. The van der Waals surface area contributed by atoms with Crippen LogP contribution in [-0.2, 0) is 64.9 Å². The summed E-state index contributed by atoms with van der Waals surface area (Å²) in [5.74, 6) is -16.6. The van der Waals surface area contributed by atoms with Crippen molar-refractivity contribution in [1.82, 2.24) is 0 Å². The first-order valence-electron chi connectivity index (χ1n) is 41.0. The normalized spacial score (nSPS) is 15.0. The van der Waals surface area contributed by atoms with Gasteiger partial charge in [-0.1, -0.05) is 169 Å². The molecule has 5 nitrogen and oxygen atoms in total. The molecule has 0 unspecified atom stereocenters. The van der Waals surface area contributed by atoms with Crippen molar-refractivity contribution in [2.24, 2.45) is 35.2 Å². The van der Waals surface area contributed by atoms with E-state index in [-0.39, 0.29) is 61.5 Å². The van der Waals surface area contributed by atoms with E-state index in [2.05, 4.69) is 0 Å². The van der Waals surface area contributed by atoms with Crippen molar-refractivity contribution in [3.8, 4) is 112 Å². The Morgan fingerprint density at radius 1 is 0.258 bits per heavy atom. The predicted octanol–water partition coefficient (Wildman–Crippen LogP) is 24.2. The number of alkyl halides is 10. The van der Waals surface area contributed by atoms with E-state index in [4.69, 9.17) is 5.48 Å². The van der Waals surface area contributed by atoms with E-state index >= 15 is 8.78 Å².